The van der Waals surface area contributed by atoms with E-state index in [1.54, 1.807) is 25.1 Å². The van der Waals surface area contributed by atoms with Crippen LogP contribution < -0.4 is 15.4 Å². The van der Waals surface area contributed by atoms with E-state index < -0.39 is 11.9 Å². The summed E-state index contributed by atoms with van der Waals surface area (Å²) in [5, 5.41) is 5.68. The summed E-state index contributed by atoms with van der Waals surface area (Å²) in [5.41, 5.74) is 1.81. The summed E-state index contributed by atoms with van der Waals surface area (Å²) in [5.74, 6) is -0.208. The Morgan fingerprint density at radius 1 is 1.33 bits per heavy atom. The lowest BCUT2D eigenvalue weighted by Gasteiger charge is -2.26. The van der Waals surface area contributed by atoms with Gasteiger partial charge in [-0.05, 0) is 36.8 Å². The maximum absolute atomic E-state index is 13.7. The minimum Gasteiger partial charge on any atom is -0.477 e. The fourth-order valence-corrected chi connectivity index (χ4v) is 2.19. The summed E-state index contributed by atoms with van der Waals surface area (Å²) in [6.45, 7) is 2.14. The lowest BCUT2D eigenvalue weighted by molar-refractivity contribution is -0.122. The normalized spacial score (nSPS) is 16.4. The van der Waals surface area contributed by atoms with Gasteiger partial charge in [-0.3, -0.25) is 4.79 Å². The minimum atomic E-state index is -0.694. The molecule has 0 spiro atoms. The third kappa shape index (κ3) is 2.81. The van der Waals surface area contributed by atoms with E-state index in [2.05, 4.69) is 10.6 Å². The SMILES string of the molecule is Cc1ccc(NC(=O)C2CNc3ccccc3O2)c(F)c1. The van der Waals surface area contributed by atoms with E-state index in [1.165, 1.54) is 6.07 Å². The van der Waals surface area contributed by atoms with Crippen LogP contribution in [-0.4, -0.2) is 18.6 Å². The zero-order valence-electron chi connectivity index (χ0n) is 11.5. The Morgan fingerprint density at radius 2 is 2.14 bits per heavy atom. The molecule has 0 bridgehead atoms. The Balaban J connectivity index is 1.72. The van der Waals surface area contributed by atoms with Crippen molar-refractivity contribution in [3.05, 3.63) is 53.8 Å². The number of benzene rings is 2. The van der Waals surface area contributed by atoms with Crippen molar-refractivity contribution in [2.24, 2.45) is 0 Å². The molecule has 3 rings (SSSR count). The van der Waals surface area contributed by atoms with Crippen LogP contribution in [0.1, 0.15) is 5.56 Å². The number of nitrogens with one attached hydrogen (secondary N) is 2. The lowest BCUT2D eigenvalue weighted by atomic mass is 10.2. The number of ether oxygens (including phenoxy) is 1. The summed E-state index contributed by atoms with van der Waals surface area (Å²) < 4.78 is 19.4. The van der Waals surface area contributed by atoms with E-state index in [1.807, 2.05) is 18.2 Å². The van der Waals surface area contributed by atoms with E-state index in [-0.39, 0.29) is 11.6 Å². The molecule has 4 nitrogen and oxygen atoms in total. The summed E-state index contributed by atoms with van der Waals surface area (Å²) in [7, 11) is 0. The topological polar surface area (TPSA) is 50.4 Å². The van der Waals surface area contributed by atoms with Crippen LogP contribution in [0.4, 0.5) is 15.8 Å². The van der Waals surface area contributed by atoms with E-state index in [4.69, 9.17) is 4.74 Å². The largest absolute Gasteiger partial charge is 0.477 e. The number of para-hydroxylation sites is 2. The maximum Gasteiger partial charge on any atom is 0.267 e. The van der Waals surface area contributed by atoms with Gasteiger partial charge in [0.25, 0.3) is 5.91 Å². The molecule has 0 aliphatic carbocycles. The van der Waals surface area contributed by atoms with Crippen molar-refractivity contribution in [1.82, 2.24) is 0 Å². The number of anilines is 2. The van der Waals surface area contributed by atoms with Crippen molar-refractivity contribution in [1.29, 1.82) is 0 Å². The first-order valence-electron chi connectivity index (χ1n) is 6.70. The Morgan fingerprint density at radius 3 is 2.95 bits per heavy atom. The molecule has 0 saturated carbocycles. The number of hydrogen-bond donors (Lipinski definition) is 2. The molecule has 2 N–H and O–H groups in total. The molecule has 108 valence electrons. The highest BCUT2D eigenvalue weighted by Crippen LogP contribution is 2.28. The molecule has 1 unspecified atom stereocenters. The Kier molecular flexibility index (Phi) is 3.48. The number of carbonyl (C=O) groups is 1. The first kappa shape index (κ1) is 13.4. The van der Waals surface area contributed by atoms with Gasteiger partial charge in [-0.15, -0.1) is 0 Å². The number of rotatable bonds is 2. The summed E-state index contributed by atoms with van der Waals surface area (Å²) in [6.07, 6.45) is -0.694. The number of carbonyl (C=O) groups excluding carboxylic acids is 1. The predicted molar refractivity (Wildman–Crippen MR) is 79.1 cm³/mol. The molecular weight excluding hydrogens is 271 g/mol. The molecule has 1 aliphatic rings. The highest BCUT2D eigenvalue weighted by molar-refractivity contribution is 5.95. The molecule has 0 fully saturated rings. The average Bonchev–Trinajstić information content (AvgIpc) is 2.49. The van der Waals surface area contributed by atoms with Gasteiger partial charge in [-0.25, -0.2) is 4.39 Å². The highest BCUT2D eigenvalue weighted by Gasteiger charge is 2.26. The first-order valence-corrected chi connectivity index (χ1v) is 6.70. The molecule has 1 aliphatic heterocycles. The monoisotopic (exact) mass is 286 g/mol. The molecule has 5 heteroatoms. The van der Waals surface area contributed by atoms with Crippen LogP contribution >= 0.6 is 0 Å². The van der Waals surface area contributed by atoms with Crippen molar-refractivity contribution in [3.63, 3.8) is 0 Å². The molecule has 1 heterocycles. The molecule has 1 atom stereocenters. The van der Waals surface area contributed by atoms with Crippen molar-refractivity contribution in [3.8, 4) is 5.75 Å². The standard InChI is InChI=1S/C16H15FN2O2/c1-10-6-7-12(11(17)8-10)19-16(20)15-9-18-13-4-2-3-5-14(13)21-15/h2-8,15,18H,9H2,1H3,(H,19,20). The third-order valence-corrected chi connectivity index (χ3v) is 3.31. The summed E-state index contributed by atoms with van der Waals surface area (Å²) in [4.78, 5) is 12.2. The fourth-order valence-electron chi connectivity index (χ4n) is 2.19. The molecule has 2 aromatic carbocycles. The van der Waals surface area contributed by atoms with Gasteiger partial charge in [0.15, 0.2) is 6.10 Å². The van der Waals surface area contributed by atoms with Crippen LogP contribution in [0, 0.1) is 12.7 Å². The number of fused-ring (bicyclic) bond motifs is 1. The smallest absolute Gasteiger partial charge is 0.267 e. The molecule has 0 saturated heterocycles. The van der Waals surface area contributed by atoms with Gasteiger partial charge in [0.2, 0.25) is 0 Å². The second-order valence-electron chi connectivity index (χ2n) is 4.96. The van der Waals surface area contributed by atoms with Crippen molar-refractivity contribution in [2.45, 2.75) is 13.0 Å². The fraction of sp³-hybridized carbons (Fsp3) is 0.188. The van der Waals surface area contributed by atoms with E-state index in [9.17, 15) is 9.18 Å². The third-order valence-electron chi connectivity index (χ3n) is 3.31. The minimum absolute atomic E-state index is 0.160. The van der Waals surface area contributed by atoms with Gasteiger partial charge >= 0.3 is 0 Å². The van der Waals surface area contributed by atoms with Crippen LogP contribution in [-0.2, 0) is 4.79 Å². The average molecular weight is 286 g/mol. The van der Waals surface area contributed by atoms with Crippen molar-refractivity contribution >= 4 is 17.3 Å². The van der Waals surface area contributed by atoms with Crippen LogP contribution in [0.3, 0.4) is 0 Å². The number of halogens is 1. The Bertz CT molecular complexity index is 688. The number of aryl methyl sites for hydroxylation is 1. The van der Waals surface area contributed by atoms with Gasteiger partial charge < -0.3 is 15.4 Å². The van der Waals surface area contributed by atoms with Crippen molar-refractivity contribution in [2.75, 3.05) is 17.2 Å². The second-order valence-corrected chi connectivity index (χ2v) is 4.96. The molecule has 0 aromatic heterocycles. The second kappa shape index (κ2) is 5.44. The Hall–Kier alpha value is -2.56. The Labute approximate surface area is 121 Å². The summed E-state index contributed by atoms with van der Waals surface area (Å²) >= 11 is 0. The maximum atomic E-state index is 13.7. The van der Waals surface area contributed by atoms with Crippen LogP contribution in [0.2, 0.25) is 0 Å². The molecule has 21 heavy (non-hydrogen) atoms. The molecular formula is C16H15FN2O2. The molecule has 2 aromatic rings. The summed E-state index contributed by atoms with van der Waals surface area (Å²) in [6, 6.07) is 12.1. The van der Waals surface area contributed by atoms with Crippen LogP contribution in [0.25, 0.3) is 0 Å². The van der Waals surface area contributed by atoms with E-state index in [0.29, 0.717) is 12.3 Å². The van der Waals surface area contributed by atoms with E-state index >= 15 is 0 Å². The van der Waals surface area contributed by atoms with Gasteiger partial charge in [-0.2, -0.15) is 0 Å². The van der Waals surface area contributed by atoms with Gasteiger partial charge in [0, 0.05) is 0 Å². The van der Waals surface area contributed by atoms with E-state index in [0.717, 1.165) is 11.3 Å². The zero-order chi connectivity index (χ0) is 14.8. The van der Waals surface area contributed by atoms with Gasteiger partial charge in [0.1, 0.15) is 11.6 Å². The zero-order valence-corrected chi connectivity index (χ0v) is 11.5. The van der Waals surface area contributed by atoms with Crippen LogP contribution in [0.5, 0.6) is 5.75 Å². The van der Waals surface area contributed by atoms with Crippen molar-refractivity contribution < 1.29 is 13.9 Å². The molecule has 0 radical (unpaired) electrons. The lowest BCUT2D eigenvalue weighted by Crippen LogP contribution is -2.41. The highest BCUT2D eigenvalue weighted by atomic mass is 19.1. The first-order chi connectivity index (χ1) is 10.1. The number of amides is 1. The number of hydrogen-bond acceptors (Lipinski definition) is 3. The quantitative estimate of drug-likeness (QED) is 0.892. The molecule has 1 amide bonds. The van der Waals surface area contributed by atoms with Gasteiger partial charge in [0.05, 0.1) is 17.9 Å². The van der Waals surface area contributed by atoms with Crippen LogP contribution in [0.15, 0.2) is 42.5 Å². The predicted octanol–water partition coefficient (Wildman–Crippen LogP) is 2.95. The van der Waals surface area contributed by atoms with Gasteiger partial charge in [-0.1, -0.05) is 18.2 Å².